The zero-order chi connectivity index (χ0) is 14.3. The van der Waals surface area contributed by atoms with E-state index >= 15 is 0 Å². The van der Waals surface area contributed by atoms with E-state index in [0.29, 0.717) is 5.75 Å². The zero-order valence-corrected chi connectivity index (χ0v) is 12.7. The second kappa shape index (κ2) is 8.00. The molecule has 1 heterocycles. The topological polar surface area (TPSA) is 39.4 Å². The number of pyridine rings is 1. The quantitative estimate of drug-likeness (QED) is 0.708. The lowest BCUT2D eigenvalue weighted by Crippen LogP contribution is -2.36. The third-order valence-electron chi connectivity index (χ3n) is 3.55. The predicted molar refractivity (Wildman–Crippen MR) is 79.6 cm³/mol. The summed E-state index contributed by atoms with van der Waals surface area (Å²) in [6.07, 6.45) is 3.11. The van der Waals surface area contributed by atoms with E-state index in [-0.39, 0.29) is 0 Å². The Balaban J connectivity index is 2.62. The van der Waals surface area contributed by atoms with Crippen molar-refractivity contribution in [1.29, 1.82) is 0 Å². The first-order chi connectivity index (χ1) is 9.13. The third-order valence-corrected chi connectivity index (χ3v) is 3.55. The molecule has 2 N–H and O–H groups in total. The van der Waals surface area contributed by atoms with Crippen LogP contribution in [0.2, 0.25) is 0 Å². The number of rotatable bonds is 8. The average molecular weight is 266 g/mol. The van der Waals surface area contributed by atoms with Crippen LogP contribution in [0.4, 0.5) is 5.69 Å². The van der Waals surface area contributed by atoms with E-state index in [1.165, 1.54) is 0 Å². The maximum absolute atomic E-state index is 10.2. The first kappa shape index (κ1) is 15.8. The fourth-order valence-electron chi connectivity index (χ4n) is 2.20. The number of hydrogen-bond acceptors (Lipinski definition) is 3. The minimum atomic E-state index is 0.371. The van der Waals surface area contributed by atoms with E-state index in [0.717, 1.165) is 50.5 Å². The minimum absolute atomic E-state index is 0.371. The molecule has 4 heteroatoms. The highest BCUT2D eigenvalue weighted by Gasteiger charge is 2.14. The molecule has 0 radical (unpaired) electrons. The molecule has 0 saturated heterocycles. The van der Waals surface area contributed by atoms with Gasteiger partial charge in [0, 0.05) is 32.5 Å². The van der Waals surface area contributed by atoms with Crippen molar-refractivity contribution in [2.24, 2.45) is 0 Å². The van der Waals surface area contributed by atoms with Crippen molar-refractivity contribution in [1.82, 2.24) is 4.90 Å². The first-order valence-corrected chi connectivity index (χ1v) is 7.32. The fourth-order valence-corrected chi connectivity index (χ4v) is 2.20. The lowest BCUT2D eigenvalue weighted by atomic mass is 10.2. The van der Waals surface area contributed by atoms with Crippen molar-refractivity contribution in [3.8, 4) is 5.75 Å². The Morgan fingerprint density at radius 3 is 2.53 bits per heavy atom. The zero-order valence-electron chi connectivity index (χ0n) is 12.7. The van der Waals surface area contributed by atoms with Crippen molar-refractivity contribution in [2.45, 2.75) is 40.7 Å². The largest absolute Gasteiger partial charge is 0.501 e. The molecular formula is C15H28N3O+. The molecule has 0 aliphatic carbocycles. The summed E-state index contributed by atoms with van der Waals surface area (Å²) in [7, 11) is 0. The van der Waals surface area contributed by atoms with Gasteiger partial charge in [-0.1, -0.05) is 20.8 Å². The summed E-state index contributed by atoms with van der Waals surface area (Å²) in [6.45, 7) is 13.4. The number of anilines is 1. The van der Waals surface area contributed by atoms with Crippen LogP contribution in [0.5, 0.6) is 5.75 Å². The molecule has 108 valence electrons. The Bertz CT molecular complexity index is 389. The number of nitrogens with one attached hydrogen (secondary N) is 1. The summed E-state index contributed by atoms with van der Waals surface area (Å²) in [5.74, 6) is 0.371. The minimum Gasteiger partial charge on any atom is -0.501 e. The molecule has 0 fully saturated rings. The lowest BCUT2D eigenvalue weighted by molar-refractivity contribution is -0.703. The van der Waals surface area contributed by atoms with E-state index < -0.39 is 0 Å². The van der Waals surface area contributed by atoms with E-state index in [9.17, 15) is 5.11 Å². The van der Waals surface area contributed by atoms with Crippen LogP contribution in [0.25, 0.3) is 0 Å². The van der Waals surface area contributed by atoms with Crippen LogP contribution in [0.1, 0.15) is 32.9 Å². The molecule has 0 bridgehead atoms. The van der Waals surface area contributed by atoms with E-state index in [1.54, 1.807) is 0 Å². The highest BCUT2D eigenvalue weighted by atomic mass is 16.3. The van der Waals surface area contributed by atoms with Gasteiger partial charge < -0.3 is 15.3 Å². The average Bonchev–Trinajstić information content (AvgIpc) is 2.42. The van der Waals surface area contributed by atoms with Gasteiger partial charge in [0.05, 0.1) is 5.69 Å². The summed E-state index contributed by atoms with van der Waals surface area (Å²) >= 11 is 0. The molecule has 0 spiro atoms. The lowest BCUT2D eigenvalue weighted by Gasteiger charge is -2.18. The van der Waals surface area contributed by atoms with Crippen molar-refractivity contribution in [2.75, 3.05) is 31.5 Å². The van der Waals surface area contributed by atoms with E-state index in [1.807, 2.05) is 19.2 Å². The molecule has 0 aromatic carbocycles. The first-order valence-electron chi connectivity index (χ1n) is 7.32. The number of likely N-dealkylation sites (N-methyl/N-ethyl adjacent to an activating group) is 1. The summed E-state index contributed by atoms with van der Waals surface area (Å²) in [6, 6.07) is 1.96. The SMILES string of the molecule is CCC[n+]1ccc(NCCN(CC)CC)c(O)c1C. The molecular weight excluding hydrogens is 238 g/mol. The molecule has 0 aliphatic rings. The van der Waals surface area contributed by atoms with Gasteiger partial charge in [-0.25, -0.2) is 0 Å². The monoisotopic (exact) mass is 266 g/mol. The fraction of sp³-hybridized carbons (Fsp3) is 0.667. The van der Waals surface area contributed by atoms with Gasteiger partial charge in [-0.3, -0.25) is 0 Å². The molecule has 0 aliphatic heterocycles. The number of aryl methyl sites for hydroxylation is 1. The molecule has 0 unspecified atom stereocenters. The second-order valence-corrected chi connectivity index (χ2v) is 4.81. The summed E-state index contributed by atoms with van der Waals surface area (Å²) in [5, 5.41) is 13.5. The maximum Gasteiger partial charge on any atom is 0.222 e. The van der Waals surface area contributed by atoms with Gasteiger partial charge >= 0.3 is 0 Å². The Labute approximate surface area is 117 Å². The number of aromatic nitrogens is 1. The molecule has 19 heavy (non-hydrogen) atoms. The normalized spacial score (nSPS) is 11.0. The van der Waals surface area contributed by atoms with E-state index in [2.05, 4.69) is 35.6 Å². The number of hydrogen-bond donors (Lipinski definition) is 2. The Hall–Kier alpha value is -1.29. The van der Waals surface area contributed by atoms with Crippen molar-refractivity contribution >= 4 is 5.69 Å². The van der Waals surface area contributed by atoms with Gasteiger partial charge in [-0.05, 0) is 13.1 Å². The van der Waals surface area contributed by atoms with Gasteiger partial charge in [0.25, 0.3) is 0 Å². The number of aromatic hydroxyl groups is 1. The van der Waals surface area contributed by atoms with Crippen LogP contribution in [0.3, 0.4) is 0 Å². The van der Waals surface area contributed by atoms with Gasteiger partial charge in [0.15, 0.2) is 6.20 Å². The molecule has 1 aromatic heterocycles. The standard InChI is InChI=1S/C15H27N3O/c1-5-10-18-11-8-14(15(19)13(18)4)16-9-12-17(6-2)7-3/h8,11,19H,5-7,9-10,12H2,1-4H3/p+1. The molecule has 1 aromatic rings. The molecule has 1 rings (SSSR count). The Kier molecular flexibility index (Phi) is 6.64. The van der Waals surface area contributed by atoms with Crippen LogP contribution in [0, 0.1) is 6.92 Å². The Morgan fingerprint density at radius 2 is 1.95 bits per heavy atom. The van der Waals surface area contributed by atoms with Crippen LogP contribution in [0.15, 0.2) is 12.3 Å². The van der Waals surface area contributed by atoms with Crippen LogP contribution >= 0.6 is 0 Å². The molecule has 0 saturated carbocycles. The van der Waals surface area contributed by atoms with Crippen LogP contribution in [-0.2, 0) is 6.54 Å². The number of nitrogens with zero attached hydrogens (tertiary/aromatic N) is 2. The molecule has 4 nitrogen and oxygen atoms in total. The van der Waals surface area contributed by atoms with Gasteiger partial charge in [0.2, 0.25) is 11.4 Å². The molecule has 0 atom stereocenters. The predicted octanol–water partition coefficient (Wildman–Crippen LogP) is 2.15. The summed E-state index contributed by atoms with van der Waals surface area (Å²) in [4.78, 5) is 2.36. The highest BCUT2D eigenvalue weighted by Crippen LogP contribution is 2.23. The van der Waals surface area contributed by atoms with Crippen molar-refractivity contribution in [3.63, 3.8) is 0 Å². The van der Waals surface area contributed by atoms with Gasteiger partial charge in [-0.15, -0.1) is 0 Å². The second-order valence-electron chi connectivity index (χ2n) is 4.81. The van der Waals surface area contributed by atoms with Crippen LogP contribution in [-0.4, -0.2) is 36.2 Å². The maximum atomic E-state index is 10.2. The summed E-state index contributed by atoms with van der Waals surface area (Å²) < 4.78 is 2.09. The van der Waals surface area contributed by atoms with E-state index in [4.69, 9.17) is 0 Å². The van der Waals surface area contributed by atoms with Crippen molar-refractivity contribution < 1.29 is 9.67 Å². The van der Waals surface area contributed by atoms with Gasteiger partial charge in [-0.2, -0.15) is 4.57 Å². The smallest absolute Gasteiger partial charge is 0.222 e. The van der Waals surface area contributed by atoms with Gasteiger partial charge in [0.1, 0.15) is 6.54 Å². The van der Waals surface area contributed by atoms with Crippen LogP contribution < -0.4 is 9.88 Å². The third kappa shape index (κ3) is 4.39. The summed E-state index contributed by atoms with van der Waals surface area (Å²) in [5.41, 5.74) is 1.76. The Morgan fingerprint density at radius 1 is 1.26 bits per heavy atom. The van der Waals surface area contributed by atoms with Crippen molar-refractivity contribution in [3.05, 3.63) is 18.0 Å². The highest BCUT2D eigenvalue weighted by molar-refractivity contribution is 5.55. The molecule has 0 amide bonds.